The van der Waals surface area contributed by atoms with Crippen LogP contribution in [0.3, 0.4) is 0 Å². The SMILES string of the molecule is CN1CCc2[nH]c(=S)nc(N)c2CC1. The minimum Gasteiger partial charge on any atom is -0.383 e. The zero-order valence-electron chi connectivity index (χ0n) is 8.21. The molecular weight excluding hydrogens is 196 g/mol. The Morgan fingerprint density at radius 1 is 1.43 bits per heavy atom. The lowest BCUT2D eigenvalue weighted by Gasteiger charge is -2.10. The topological polar surface area (TPSA) is 57.9 Å². The Morgan fingerprint density at radius 2 is 2.14 bits per heavy atom. The Morgan fingerprint density at radius 3 is 2.93 bits per heavy atom. The van der Waals surface area contributed by atoms with Gasteiger partial charge in [0.1, 0.15) is 5.82 Å². The number of likely N-dealkylation sites (N-methyl/N-ethyl adjacent to an activating group) is 1. The van der Waals surface area contributed by atoms with Crippen LogP contribution in [0.4, 0.5) is 5.82 Å². The summed E-state index contributed by atoms with van der Waals surface area (Å²) in [6.45, 7) is 2.07. The molecule has 1 aliphatic heterocycles. The van der Waals surface area contributed by atoms with Gasteiger partial charge in [0, 0.05) is 30.8 Å². The number of nitrogens with zero attached hydrogens (tertiary/aromatic N) is 2. The van der Waals surface area contributed by atoms with Crippen molar-refractivity contribution < 1.29 is 0 Å². The highest BCUT2D eigenvalue weighted by Gasteiger charge is 2.14. The summed E-state index contributed by atoms with van der Waals surface area (Å²) in [5.41, 5.74) is 8.14. The molecule has 0 atom stereocenters. The molecule has 5 heteroatoms. The Bertz CT molecular complexity index is 398. The summed E-state index contributed by atoms with van der Waals surface area (Å²) in [7, 11) is 2.12. The number of nitrogen functional groups attached to an aromatic ring is 1. The van der Waals surface area contributed by atoms with Gasteiger partial charge in [0.25, 0.3) is 0 Å². The van der Waals surface area contributed by atoms with Gasteiger partial charge in [0.05, 0.1) is 0 Å². The highest BCUT2D eigenvalue weighted by Crippen LogP contribution is 2.17. The van der Waals surface area contributed by atoms with Crippen molar-refractivity contribution in [2.24, 2.45) is 0 Å². The van der Waals surface area contributed by atoms with Crippen molar-refractivity contribution in [3.63, 3.8) is 0 Å². The Balaban J connectivity index is 2.45. The summed E-state index contributed by atoms with van der Waals surface area (Å²) in [4.78, 5) is 9.49. The average molecular weight is 210 g/mol. The number of nitrogens with one attached hydrogen (secondary N) is 1. The van der Waals surface area contributed by atoms with E-state index in [4.69, 9.17) is 18.0 Å². The summed E-state index contributed by atoms with van der Waals surface area (Å²) in [5, 5.41) is 0. The molecule has 0 unspecified atom stereocenters. The second-order valence-electron chi connectivity index (χ2n) is 3.69. The van der Waals surface area contributed by atoms with Crippen molar-refractivity contribution in [3.05, 3.63) is 16.0 Å². The zero-order valence-corrected chi connectivity index (χ0v) is 9.02. The molecule has 0 saturated heterocycles. The average Bonchev–Trinajstić information content (AvgIpc) is 2.28. The highest BCUT2D eigenvalue weighted by atomic mass is 32.1. The molecule has 0 fully saturated rings. The summed E-state index contributed by atoms with van der Waals surface area (Å²) in [5.74, 6) is 0.596. The van der Waals surface area contributed by atoms with Crippen LogP contribution in [-0.4, -0.2) is 35.0 Å². The van der Waals surface area contributed by atoms with Gasteiger partial charge in [-0.05, 0) is 25.7 Å². The second-order valence-corrected chi connectivity index (χ2v) is 4.07. The van der Waals surface area contributed by atoms with E-state index in [1.54, 1.807) is 0 Å². The van der Waals surface area contributed by atoms with E-state index in [9.17, 15) is 0 Å². The van der Waals surface area contributed by atoms with Gasteiger partial charge in [0.15, 0.2) is 4.77 Å². The fraction of sp³-hybridized carbons (Fsp3) is 0.556. The Kier molecular flexibility index (Phi) is 2.52. The maximum Gasteiger partial charge on any atom is 0.198 e. The smallest absolute Gasteiger partial charge is 0.198 e. The van der Waals surface area contributed by atoms with E-state index in [0.29, 0.717) is 10.6 Å². The van der Waals surface area contributed by atoms with E-state index in [1.165, 1.54) is 0 Å². The molecule has 4 nitrogen and oxygen atoms in total. The third-order valence-electron chi connectivity index (χ3n) is 2.64. The lowest BCUT2D eigenvalue weighted by Crippen LogP contribution is -2.20. The van der Waals surface area contributed by atoms with Crippen LogP contribution in [0.15, 0.2) is 0 Å². The quantitative estimate of drug-likeness (QED) is 0.620. The largest absolute Gasteiger partial charge is 0.383 e. The lowest BCUT2D eigenvalue weighted by atomic mass is 10.1. The summed E-state index contributed by atoms with van der Waals surface area (Å²) in [6.07, 6.45) is 1.93. The molecule has 0 bridgehead atoms. The van der Waals surface area contributed by atoms with Gasteiger partial charge >= 0.3 is 0 Å². The fourth-order valence-corrected chi connectivity index (χ4v) is 1.99. The number of anilines is 1. The molecule has 0 aliphatic carbocycles. The standard InChI is InChI=1S/C9H14N4S/c1-13-4-2-6-7(3-5-13)11-9(14)12-8(6)10/h2-5H2,1H3,(H3,10,11,12,14). The predicted octanol–water partition coefficient (Wildman–Crippen LogP) is 0.752. The van der Waals surface area contributed by atoms with E-state index in [2.05, 4.69) is 21.9 Å². The molecule has 0 saturated carbocycles. The summed E-state index contributed by atoms with van der Waals surface area (Å²) < 4.78 is 0.491. The molecule has 1 aromatic heterocycles. The van der Waals surface area contributed by atoms with Gasteiger partial charge in [-0.15, -0.1) is 0 Å². The molecule has 3 N–H and O–H groups in total. The molecule has 1 aromatic rings. The molecular formula is C9H14N4S. The summed E-state index contributed by atoms with van der Waals surface area (Å²) >= 11 is 5.00. The van der Waals surface area contributed by atoms with Crippen molar-refractivity contribution in [3.8, 4) is 0 Å². The zero-order chi connectivity index (χ0) is 10.1. The molecule has 0 spiro atoms. The van der Waals surface area contributed by atoms with Crippen molar-refractivity contribution in [1.29, 1.82) is 0 Å². The number of aromatic nitrogens is 2. The Hall–Kier alpha value is -0.940. The molecule has 14 heavy (non-hydrogen) atoms. The van der Waals surface area contributed by atoms with Crippen molar-refractivity contribution in [1.82, 2.24) is 14.9 Å². The van der Waals surface area contributed by atoms with Crippen LogP contribution in [0.1, 0.15) is 11.3 Å². The molecule has 0 aromatic carbocycles. The lowest BCUT2D eigenvalue weighted by molar-refractivity contribution is 0.352. The first-order chi connectivity index (χ1) is 6.66. The van der Waals surface area contributed by atoms with Crippen LogP contribution < -0.4 is 5.73 Å². The van der Waals surface area contributed by atoms with Gasteiger partial charge in [-0.2, -0.15) is 0 Å². The van der Waals surface area contributed by atoms with Gasteiger partial charge in [-0.3, -0.25) is 0 Å². The molecule has 0 radical (unpaired) electrons. The van der Waals surface area contributed by atoms with Crippen LogP contribution in [0.25, 0.3) is 0 Å². The van der Waals surface area contributed by atoms with E-state index in [0.717, 1.165) is 37.2 Å². The minimum atomic E-state index is 0.491. The molecule has 2 rings (SSSR count). The minimum absolute atomic E-state index is 0.491. The van der Waals surface area contributed by atoms with Crippen molar-refractivity contribution in [2.45, 2.75) is 12.8 Å². The summed E-state index contributed by atoms with van der Waals surface area (Å²) in [6, 6.07) is 0. The van der Waals surface area contributed by atoms with Gasteiger partial charge in [-0.25, -0.2) is 4.98 Å². The van der Waals surface area contributed by atoms with Crippen molar-refractivity contribution >= 4 is 18.0 Å². The van der Waals surface area contributed by atoms with E-state index in [1.807, 2.05) is 0 Å². The molecule has 76 valence electrons. The third-order valence-corrected chi connectivity index (χ3v) is 2.83. The number of aromatic amines is 1. The Labute approximate surface area is 88.1 Å². The van der Waals surface area contributed by atoms with E-state index >= 15 is 0 Å². The molecule has 2 heterocycles. The second kappa shape index (κ2) is 3.67. The van der Waals surface area contributed by atoms with E-state index in [-0.39, 0.29) is 0 Å². The van der Waals surface area contributed by atoms with Crippen LogP contribution in [0.5, 0.6) is 0 Å². The first-order valence-corrected chi connectivity index (χ1v) is 5.14. The van der Waals surface area contributed by atoms with E-state index < -0.39 is 0 Å². The number of rotatable bonds is 0. The maximum absolute atomic E-state index is 5.84. The monoisotopic (exact) mass is 210 g/mol. The first kappa shape index (κ1) is 9.61. The molecule has 1 aliphatic rings. The number of hydrogen-bond acceptors (Lipinski definition) is 4. The van der Waals surface area contributed by atoms with Crippen LogP contribution in [-0.2, 0) is 12.8 Å². The van der Waals surface area contributed by atoms with Crippen molar-refractivity contribution in [2.75, 3.05) is 25.9 Å². The number of H-pyrrole nitrogens is 1. The highest BCUT2D eigenvalue weighted by molar-refractivity contribution is 7.71. The van der Waals surface area contributed by atoms with Crippen LogP contribution in [0, 0.1) is 4.77 Å². The molecule has 0 amide bonds. The predicted molar refractivity (Wildman–Crippen MR) is 58.7 cm³/mol. The van der Waals surface area contributed by atoms with Crippen LogP contribution in [0.2, 0.25) is 0 Å². The normalized spacial score (nSPS) is 17.5. The van der Waals surface area contributed by atoms with Gasteiger partial charge in [-0.1, -0.05) is 0 Å². The fourth-order valence-electron chi connectivity index (χ4n) is 1.77. The number of fused-ring (bicyclic) bond motifs is 1. The van der Waals surface area contributed by atoms with Gasteiger partial charge < -0.3 is 15.6 Å². The first-order valence-electron chi connectivity index (χ1n) is 4.73. The van der Waals surface area contributed by atoms with Gasteiger partial charge in [0.2, 0.25) is 0 Å². The number of hydrogen-bond donors (Lipinski definition) is 2. The number of nitrogens with two attached hydrogens (primary N) is 1. The van der Waals surface area contributed by atoms with Crippen LogP contribution >= 0.6 is 12.2 Å². The maximum atomic E-state index is 5.84. The third kappa shape index (κ3) is 1.78.